The third kappa shape index (κ3) is 6.93. The second kappa shape index (κ2) is 10.8. The minimum absolute atomic E-state index is 0.0412. The molecule has 0 unspecified atom stereocenters. The first-order valence-corrected chi connectivity index (χ1v) is 10.0. The molecular weight excluding hydrogens is 372 g/mol. The number of halogens is 1. The molecule has 2 aromatic carbocycles. The Morgan fingerprint density at radius 1 is 1.00 bits per heavy atom. The van der Waals surface area contributed by atoms with E-state index in [4.69, 9.17) is 11.6 Å². The van der Waals surface area contributed by atoms with Crippen LogP contribution in [0.15, 0.2) is 65.8 Å². The zero-order chi connectivity index (χ0) is 19.6. The number of nitrogens with zero attached hydrogens (tertiary/aromatic N) is 1. The van der Waals surface area contributed by atoms with E-state index in [0.29, 0.717) is 6.54 Å². The summed E-state index contributed by atoms with van der Waals surface area (Å²) in [6, 6.07) is 18.0. The smallest absolute Gasteiger partial charge is 0.295 e. The van der Waals surface area contributed by atoms with E-state index in [1.54, 1.807) is 11.1 Å². The van der Waals surface area contributed by atoms with Crippen LogP contribution in [0.5, 0.6) is 0 Å². The number of carbonyl (C=O) groups is 1. The van der Waals surface area contributed by atoms with Crippen LogP contribution in [-0.4, -0.2) is 44.8 Å². The van der Waals surface area contributed by atoms with Crippen molar-refractivity contribution >= 4 is 29.8 Å². The Morgan fingerprint density at radius 3 is 2.39 bits per heavy atom. The van der Waals surface area contributed by atoms with Crippen LogP contribution in [0.4, 0.5) is 0 Å². The summed E-state index contributed by atoms with van der Waals surface area (Å²) in [5.74, 6) is -0.0412. The largest absolute Gasteiger partial charge is 0.322 e. The summed E-state index contributed by atoms with van der Waals surface area (Å²) in [5, 5.41) is 4.76. The van der Waals surface area contributed by atoms with Gasteiger partial charge < -0.3 is 9.80 Å². The topological polar surface area (TPSA) is 50.3 Å². The first-order chi connectivity index (χ1) is 13.7. The maximum absolute atomic E-state index is 12.1. The highest BCUT2D eigenvalue weighted by Gasteiger charge is 2.24. The molecule has 1 aliphatic rings. The van der Waals surface area contributed by atoms with Gasteiger partial charge in [-0.05, 0) is 23.8 Å². The van der Waals surface area contributed by atoms with Gasteiger partial charge in [-0.2, -0.15) is 5.10 Å². The Morgan fingerprint density at radius 2 is 1.68 bits per heavy atom. The van der Waals surface area contributed by atoms with Crippen LogP contribution in [0.1, 0.15) is 11.1 Å². The first-order valence-electron chi connectivity index (χ1n) is 9.64. The van der Waals surface area contributed by atoms with Gasteiger partial charge in [0.15, 0.2) is 6.54 Å². The summed E-state index contributed by atoms with van der Waals surface area (Å²) in [6.45, 7) is 5.59. The van der Waals surface area contributed by atoms with Crippen LogP contribution in [0.2, 0.25) is 5.02 Å². The summed E-state index contributed by atoms with van der Waals surface area (Å²) >= 11 is 5.94. The highest BCUT2D eigenvalue weighted by atomic mass is 35.5. The monoisotopic (exact) mass is 398 g/mol. The van der Waals surface area contributed by atoms with Crippen LogP contribution >= 0.6 is 11.6 Å². The fourth-order valence-electron chi connectivity index (χ4n) is 3.34. The van der Waals surface area contributed by atoms with E-state index in [9.17, 15) is 4.79 Å². The van der Waals surface area contributed by atoms with Gasteiger partial charge in [-0.15, -0.1) is 0 Å². The van der Waals surface area contributed by atoms with E-state index < -0.39 is 0 Å². The third-order valence-electron chi connectivity index (χ3n) is 4.88. The second-order valence-electron chi connectivity index (χ2n) is 7.06. The summed E-state index contributed by atoms with van der Waals surface area (Å²) in [7, 11) is 0. The van der Waals surface area contributed by atoms with E-state index in [2.05, 4.69) is 22.7 Å². The molecule has 3 rings (SSSR count). The highest BCUT2D eigenvalue weighted by molar-refractivity contribution is 6.30. The lowest BCUT2D eigenvalue weighted by Crippen LogP contribution is -3.28. The number of rotatable bonds is 7. The van der Waals surface area contributed by atoms with Gasteiger partial charge in [0.1, 0.15) is 32.7 Å². The van der Waals surface area contributed by atoms with Crippen molar-refractivity contribution in [3.8, 4) is 0 Å². The van der Waals surface area contributed by atoms with E-state index in [0.717, 1.165) is 43.3 Å². The molecule has 2 aromatic rings. The number of hydrazone groups is 1. The van der Waals surface area contributed by atoms with Gasteiger partial charge in [-0.25, -0.2) is 5.43 Å². The van der Waals surface area contributed by atoms with Crippen LogP contribution in [0, 0.1) is 0 Å². The molecule has 6 heteroatoms. The molecule has 1 heterocycles. The number of amides is 1. The first kappa shape index (κ1) is 20.3. The van der Waals surface area contributed by atoms with Gasteiger partial charge in [0.05, 0.1) is 0 Å². The van der Waals surface area contributed by atoms with Crippen molar-refractivity contribution in [2.75, 3.05) is 32.7 Å². The molecule has 28 heavy (non-hydrogen) atoms. The van der Waals surface area contributed by atoms with Crippen LogP contribution in [0.3, 0.4) is 0 Å². The van der Waals surface area contributed by atoms with Crippen molar-refractivity contribution < 1.29 is 14.6 Å². The molecule has 0 aliphatic carbocycles. The number of hydrogen-bond donors (Lipinski definition) is 3. The van der Waals surface area contributed by atoms with Crippen molar-refractivity contribution in [2.45, 2.75) is 6.54 Å². The Hall–Kier alpha value is -2.47. The molecule has 1 saturated heterocycles. The number of allylic oxidation sites excluding steroid dienone is 1. The molecule has 1 amide bonds. The molecular formula is C22H27ClN4O+2. The fourth-order valence-corrected chi connectivity index (χ4v) is 3.46. The lowest BCUT2D eigenvalue weighted by Gasteiger charge is -2.29. The molecule has 0 aromatic heterocycles. The Labute approximate surface area is 171 Å². The SMILES string of the molecule is O=C(C[NH+]1CC[NH+](Cc2ccc(Cl)cc2)CC1)N/N=C\C=C/c1ccccc1. The molecule has 1 fully saturated rings. The summed E-state index contributed by atoms with van der Waals surface area (Å²) < 4.78 is 0. The number of piperazine rings is 1. The number of hydrogen-bond acceptors (Lipinski definition) is 2. The number of nitrogens with one attached hydrogen (secondary N) is 3. The Bertz CT molecular complexity index is 797. The summed E-state index contributed by atoms with van der Waals surface area (Å²) in [4.78, 5) is 14.9. The molecule has 0 bridgehead atoms. The van der Waals surface area contributed by atoms with Crippen LogP contribution in [-0.2, 0) is 11.3 Å². The molecule has 1 aliphatic heterocycles. The molecule has 0 spiro atoms. The predicted octanol–water partition coefficient (Wildman–Crippen LogP) is 0.439. The van der Waals surface area contributed by atoms with E-state index >= 15 is 0 Å². The van der Waals surface area contributed by atoms with Crippen molar-refractivity contribution in [3.05, 3.63) is 76.8 Å². The molecule has 0 atom stereocenters. The van der Waals surface area contributed by atoms with Gasteiger partial charge in [-0.1, -0.05) is 60.1 Å². The summed E-state index contributed by atoms with van der Waals surface area (Å²) in [5.41, 5.74) is 5.02. The predicted molar refractivity (Wildman–Crippen MR) is 114 cm³/mol. The van der Waals surface area contributed by atoms with Crippen molar-refractivity contribution in [3.63, 3.8) is 0 Å². The van der Waals surface area contributed by atoms with E-state index in [1.165, 1.54) is 10.5 Å². The van der Waals surface area contributed by atoms with Crippen LogP contribution < -0.4 is 15.2 Å². The van der Waals surface area contributed by atoms with Gasteiger partial charge in [0.25, 0.3) is 5.91 Å². The van der Waals surface area contributed by atoms with Crippen LogP contribution in [0.25, 0.3) is 6.08 Å². The highest BCUT2D eigenvalue weighted by Crippen LogP contribution is 2.08. The number of benzene rings is 2. The molecule has 5 nitrogen and oxygen atoms in total. The average Bonchev–Trinajstić information content (AvgIpc) is 2.72. The maximum Gasteiger partial charge on any atom is 0.295 e. The van der Waals surface area contributed by atoms with Gasteiger partial charge in [-0.3, -0.25) is 4.79 Å². The van der Waals surface area contributed by atoms with E-state index in [1.807, 2.05) is 54.6 Å². The van der Waals surface area contributed by atoms with Gasteiger partial charge in [0, 0.05) is 16.8 Å². The van der Waals surface area contributed by atoms with Gasteiger partial charge >= 0.3 is 0 Å². The Balaban J connectivity index is 1.33. The fraction of sp³-hybridized carbons (Fsp3) is 0.273. The zero-order valence-corrected chi connectivity index (χ0v) is 16.7. The zero-order valence-electron chi connectivity index (χ0n) is 15.9. The quantitative estimate of drug-likeness (QED) is 0.460. The average molecular weight is 399 g/mol. The normalized spacial score (nSPS) is 19.9. The maximum atomic E-state index is 12.1. The third-order valence-corrected chi connectivity index (χ3v) is 5.13. The lowest BCUT2D eigenvalue weighted by atomic mass is 10.2. The van der Waals surface area contributed by atoms with E-state index in [-0.39, 0.29) is 5.91 Å². The lowest BCUT2D eigenvalue weighted by molar-refractivity contribution is -1.02. The Kier molecular flexibility index (Phi) is 7.79. The second-order valence-corrected chi connectivity index (χ2v) is 7.50. The molecule has 0 saturated carbocycles. The molecule has 0 radical (unpaired) electrons. The number of quaternary nitrogens is 2. The minimum Gasteiger partial charge on any atom is -0.322 e. The van der Waals surface area contributed by atoms with Gasteiger partial charge in [0.2, 0.25) is 0 Å². The van der Waals surface area contributed by atoms with Crippen molar-refractivity contribution in [1.82, 2.24) is 5.43 Å². The van der Waals surface area contributed by atoms with Crippen molar-refractivity contribution in [2.24, 2.45) is 5.10 Å². The molecule has 146 valence electrons. The molecule has 3 N–H and O–H groups in total. The minimum atomic E-state index is -0.0412. The van der Waals surface area contributed by atoms with Crippen molar-refractivity contribution in [1.29, 1.82) is 0 Å². The standard InChI is InChI=1S/C22H25ClN4O/c23-21-10-8-20(9-11-21)17-26-13-15-27(16-14-26)18-22(28)25-24-12-4-7-19-5-2-1-3-6-19/h1-12H,13-18H2,(H,25,28)/p+2/b7-4-,24-12-. The number of carbonyl (C=O) groups excluding carboxylic acids is 1. The summed E-state index contributed by atoms with van der Waals surface area (Å²) in [6.07, 6.45) is 5.37.